The van der Waals surface area contributed by atoms with Gasteiger partial charge in [0, 0.05) is 12.0 Å². The molecule has 0 N–H and O–H groups in total. The van der Waals surface area contributed by atoms with Crippen LogP contribution in [0, 0.1) is 0 Å². The van der Waals surface area contributed by atoms with Crippen LogP contribution in [0.25, 0.3) is 5.57 Å². The normalized spacial score (nSPS) is 19.0. The number of halogens is 1. The summed E-state index contributed by atoms with van der Waals surface area (Å²) in [6, 6.07) is 22.4. The third-order valence-electron chi connectivity index (χ3n) is 5.86. The van der Waals surface area contributed by atoms with Gasteiger partial charge >= 0.3 is 0 Å². The summed E-state index contributed by atoms with van der Waals surface area (Å²) in [7, 11) is 0. The second-order valence-electron chi connectivity index (χ2n) is 6.63. The summed E-state index contributed by atoms with van der Waals surface area (Å²) in [4.78, 5) is 0. The van der Waals surface area contributed by atoms with E-state index in [1.807, 2.05) is 0 Å². The number of likely N-dealkylation sites (tertiary alicyclic amines) is 1. The van der Waals surface area contributed by atoms with Gasteiger partial charge in [-0.2, -0.15) is 0 Å². The van der Waals surface area contributed by atoms with E-state index in [1.165, 1.54) is 47.2 Å². The Bertz CT molecular complexity index is 630. The van der Waals surface area contributed by atoms with Crippen LogP contribution in [-0.4, -0.2) is 30.2 Å². The van der Waals surface area contributed by atoms with Crippen LogP contribution >= 0.6 is 0 Å². The molecule has 0 saturated carbocycles. The van der Waals surface area contributed by atoms with Gasteiger partial charge in [0.05, 0.1) is 19.6 Å². The van der Waals surface area contributed by atoms with Crippen LogP contribution in [0.15, 0.2) is 66.2 Å². The smallest absolute Gasteiger partial charge is 0.109 e. The highest BCUT2D eigenvalue weighted by molar-refractivity contribution is 5.82. The molecule has 0 aliphatic carbocycles. The van der Waals surface area contributed by atoms with Crippen molar-refractivity contribution < 1.29 is 21.5 Å². The van der Waals surface area contributed by atoms with E-state index in [9.17, 15) is 0 Å². The van der Waals surface area contributed by atoms with Gasteiger partial charge in [-0.15, -0.1) is 0 Å². The summed E-state index contributed by atoms with van der Waals surface area (Å²) in [5.74, 6) is 0. The molecule has 0 amide bonds. The molecule has 2 heteroatoms. The van der Waals surface area contributed by atoms with Crippen molar-refractivity contribution in [3.05, 3.63) is 77.4 Å². The largest absolute Gasteiger partial charge is 1.00 e. The first-order valence-electron chi connectivity index (χ1n) is 8.91. The first-order valence-corrected chi connectivity index (χ1v) is 8.91. The van der Waals surface area contributed by atoms with Crippen LogP contribution in [0.4, 0.5) is 0 Å². The van der Waals surface area contributed by atoms with E-state index < -0.39 is 0 Å². The number of quaternary nitrogens is 1. The van der Waals surface area contributed by atoms with Crippen LogP contribution in [-0.2, 0) is 0 Å². The zero-order chi connectivity index (χ0) is 16.3. The standard InChI is InChI=1S/C22H28N.BrH/c1-4-23(5-2)17-16-21(18(23)3)22(19-12-8-6-9-13-19)20-14-10-7-11-15-20;/h6-15,18H,4-5,16-17H2,1-3H3;1H/q+1;/p-1. The molecule has 1 aliphatic heterocycles. The lowest BCUT2D eigenvalue weighted by Crippen LogP contribution is -3.00. The Morgan fingerprint density at radius 3 is 1.71 bits per heavy atom. The molecular weight excluding hydrogens is 358 g/mol. The molecule has 2 aromatic carbocycles. The lowest BCUT2D eigenvalue weighted by Gasteiger charge is -2.37. The SMILES string of the molecule is CC[N+]1(CC)CCC(=C(c2ccccc2)c2ccccc2)C1C.[Br-]. The number of nitrogens with zero attached hydrogens (tertiary/aromatic N) is 1. The van der Waals surface area contributed by atoms with Gasteiger partial charge in [0.25, 0.3) is 0 Å². The second-order valence-corrected chi connectivity index (χ2v) is 6.63. The van der Waals surface area contributed by atoms with Gasteiger partial charge in [-0.3, -0.25) is 0 Å². The number of hydrogen-bond donors (Lipinski definition) is 0. The fraction of sp³-hybridized carbons (Fsp3) is 0.364. The fourth-order valence-corrected chi connectivity index (χ4v) is 4.24. The highest BCUT2D eigenvalue weighted by Crippen LogP contribution is 2.38. The molecule has 0 radical (unpaired) electrons. The first-order chi connectivity index (χ1) is 11.2. The van der Waals surface area contributed by atoms with Crippen molar-refractivity contribution in [1.29, 1.82) is 0 Å². The molecule has 3 rings (SSSR count). The molecule has 128 valence electrons. The van der Waals surface area contributed by atoms with Gasteiger partial charge in [-0.05, 0) is 37.5 Å². The molecule has 2 aromatic rings. The van der Waals surface area contributed by atoms with Crippen LogP contribution in [0.5, 0.6) is 0 Å². The number of benzene rings is 2. The van der Waals surface area contributed by atoms with Crippen LogP contribution in [0.3, 0.4) is 0 Å². The lowest BCUT2D eigenvalue weighted by molar-refractivity contribution is -0.931. The number of hydrogen-bond acceptors (Lipinski definition) is 0. The summed E-state index contributed by atoms with van der Waals surface area (Å²) < 4.78 is 1.22. The van der Waals surface area contributed by atoms with E-state index in [4.69, 9.17) is 0 Å². The Kier molecular flexibility index (Phi) is 6.42. The number of rotatable bonds is 4. The third kappa shape index (κ3) is 3.36. The Balaban J connectivity index is 0.00000208. The lowest BCUT2D eigenvalue weighted by atomic mass is 9.90. The minimum Gasteiger partial charge on any atom is -1.00 e. The minimum absolute atomic E-state index is 0. The van der Waals surface area contributed by atoms with Crippen molar-refractivity contribution >= 4 is 5.57 Å². The molecule has 24 heavy (non-hydrogen) atoms. The van der Waals surface area contributed by atoms with E-state index in [1.54, 1.807) is 5.57 Å². The molecule has 1 unspecified atom stereocenters. The molecule has 1 fully saturated rings. The predicted octanol–water partition coefficient (Wildman–Crippen LogP) is 2.14. The van der Waals surface area contributed by atoms with Crippen molar-refractivity contribution in [3.8, 4) is 0 Å². The Morgan fingerprint density at radius 1 is 0.875 bits per heavy atom. The summed E-state index contributed by atoms with van der Waals surface area (Å²) in [6.45, 7) is 10.8. The van der Waals surface area contributed by atoms with Crippen molar-refractivity contribution in [1.82, 2.24) is 0 Å². The van der Waals surface area contributed by atoms with Crippen LogP contribution < -0.4 is 17.0 Å². The maximum absolute atomic E-state index is 2.43. The molecule has 1 saturated heterocycles. The second kappa shape index (κ2) is 8.13. The monoisotopic (exact) mass is 385 g/mol. The van der Waals surface area contributed by atoms with Crippen molar-refractivity contribution in [2.75, 3.05) is 19.6 Å². The van der Waals surface area contributed by atoms with Crippen molar-refractivity contribution in [2.45, 2.75) is 33.2 Å². The first kappa shape index (κ1) is 19.0. The Morgan fingerprint density at radius 2 is 1.33 bits per heavy atom. The molecular formula is C22H28BrN. The highest BCUT2D eigenvalue weighted by atomic mass is 79.9. The Hall–Kier alpha value is -1.38. The molecule has 0 aromatic heterocycles. The van der Waals surface area contributed by atoms with Gasteiger partial charge in [0.15, 0.2) is 0 Å². The van der Waals surface area contributed by atoms with E-state index in [-0.39, 0.29) is 17.0 Å². The summed E-state index contributed by atoms with van der Waals surface area (Å²) in [6.07, 6.45) is 1.21. The van der Waals surface area contributed by atoms with Crippen molar-refractivity contribution in [3.63, 3.8) is 0 Å². The topological polar surface area (TPSA) is 0 Å². The van der Waals surface area contributed by atoms with Gasteiger partial charge < -0.3 is 21.5 Å². The van der Waals surface area contributed by atoms with E-state index >= 15 is 0 Å². The van der Waals surface area contributed by atoms with Crippen LogP contribution in [0.2, 0.25) is 0 Å². The van der Waals surface area contributed by atoms with Gasteiger partial charge in [-0.1, -0.05) is 60.7 Å². The van der Waals surface area contributed by atoms with Crippen molar-refractivity contribution in [2.24, 2.45) is 0 Å². The summed E-state index contributed by atoms with van der Waals surface area (Å²) in [5, 5.41) is 0. The Labute approximate surface area is 157 Å². The molecule has 1 atom stereocenters. The maximum Gasteiger partial charge on any atom is 0.109 e. The average molecular weight is 386 g/mol. The zero-order valence-electron chi connectivity index (χ0n) is 15.0. The fourth-order valence-electron chi connectivity index (χ4n) is 4.24. The molecule has 1 heterocycles. The average Bonchev–Trinajstić information content (AvgIpc) is 2.94. The molecule has 0 bridgehead atoms. The van der Waals surface area contributed by atoms with Gasteiger partial charge in [0.2, 0.25) is 0 Å². The quantitative estimate of drug-likeness (QED) is 0.707. The highest BCUT2D eigenvalue weighted by Gasteiger charge is 2.40. The van der Waals surface area contributed by atoms with E-state index in [2.05, 4.69) is 81.4 Å². The van der Waals surface area contributed by atoms with E-state index in [0.717, 1.165) is 0 Å². The summed E-state index contributed by atoms with van der Waals surface area (Å²) in [5.41, 5.74) is 5.80. The predicted molar refractivity (Wildman–Crippen MR) is 99.2 cm³/mol. The van der Waals surface area contributed by atoms with Crippen LogP contribution in [0.1, 0.15) is 38.3 Å². The minimum atomic E-state index is 0. The molecule has 1 nitrogen and oxygen atoms in total. The zero-order valence-corrected chi connectivity index (χ0v) is 16.6. The molecule has 1 aliphatic rings. The van der Waals surface area contributed by atoms with E-state index in [0.29, 0.717) is 6.04 Å². The third-order valence-corrected chi connectivity index (χ3v) is 5.86. The summed E-state index contributed by atoms with van der Waals surface area (Å²) >= 11 is 0. The van der Waals surface area contributed by atoms with Gasteiger partial charge in [0.1, 0.15) is 6.04 Å². The van der Waals surface area contributed by atoms with Gasteiger partial charge in [-0.25, -0.2) is 0 Å². The maximum atomic E-state index is 2.43. The number of likely N-dealkylation sites (N-methyl/N-ethyl adjacent to an activating group) is 1. The molecule has 0 spiro atoms.